The zero-order valence-corrected chi connectivity index (χ0v) is 12.2. The second-order valence-electron chi connectivity index (χ2n) is 5.54. The number of amides is 1. The van der Waals surface area contributed by atoms with Gasteiger partial charge in [-0.1, -0.05) is 6.92 Å². The van der Waals surface area contributed by atoms with Gasteiger partial charge in [0.15, 0.2) is 0 Å². The summed E-state index contributed by atoms with van der Waals surface area (Å²) < 4.78 is 0. The molecule has 20 heavy (non-hydrogen) atoms. The molecule has 0 aromatic carbocycles. The number of nitrogens with zero attached hydrogens (tertiary/aromatic N) is 2. The van der Waals surface area contributed by atoms with Crippen molar-refractivity contribution in [2.45, 2.75) is 32.3 Å². The van der Waals surface area contributed by atoms with Gasteiger partial charge < -0.3 is 15.3 Å². The van der Waals surface area contributed by atoms with Crippen molar-refractivity contribution in [2.75, 3.05) is 25.5 Å². The molecule has 1 heterocycles. The van der Waals surface area contributed by atoms with E-state index in [9.17, 15) is 9.90 Å². The van der Waals surface area contributed by atoms with Gasteiger partial charge in [0.1, 0.15) is 5.82 Å². The molecule has 1 aromatic heterocycles. The maximum Gasteiger partial charge on any atom is 0.255 e. The van der Waals surface area contributed by atoms with E-state index < -0.39 is 0 Å². The van der Waals surface area contributed by atoms with Crippen LogP contribution in [0.5, 0.6) is 0 Å². The van der Waals surface area contributed by atoms with Crippen molar-refractivity contribution in [3.05, 3.63) is 23.9 Å². The second kappa shape index (κ2) is 6.70. The van der Waals surface area contributed by atoms with Crippen LogP contribution in [0, 0.1) is 5.92 Å². The number of rotatable bonds is 6. The topological polar surface area (TPSA) is 65.5 Å². The molecule has 110 valence electrons. The number of carbonyl (C=O) groups excluding carboxylic acids is 1. The minimum Gasteiger partial charge on any atom is -0.393 e. The first-order valence-corrected chi connectivity index (χ1v) is 7.23. The van der Waals surface area contributed by atoms with Gasteiger partial charge in [-0.3, -0.25) is 4.79 Å². The van der Waals surface area contributed by atoms with Gasteiger partial charge in [-0.2, -0.15) is 0 Å². The SMILES string of the molecule is CCCNc1ccc(C(=O)N(C)CC2CC(O)C2)cn1. The normalized spacial score (nSPS) is 21.1. The van der Waals surface area contributed by atoms with Crippen molar-refractivity contribution < 1.29 is 9.90 Å². The molecule has 1 amide bonds. The molecule has 1 aliphatic carbocycles. The highest BCUT2D eigenvalue weighted by molar-refractivity contribution is 5.93. The first kappa shape index (κ1) is 14.8. The van der Waals surface area contributed by atoms with Crippen molar-refractivity contribution in [3.8, 4) is 0 Å². The van der Waals surface area contributed by atoms with Crippen molar-refractivity contribution in [3.63, 3.8) is 0 Å². The smallest absolute Gasteiger partial charge is 0.255 e. The van der Waals surface area contributed by atoms with Crippen molar-refractivity contribution in [1.82, 2.24) is 9.88 Å². The Hall–Kier alpha value is -1.62. The highest BCUT2D eigenvalue weighted by atomic mass is 16.3. The summed E-state index contributed by atoms with van der Waals surface area (Å²) in [5.74, 6) is 1.21. The Labute approximate surface area is 120 Å². The fraction of sp³-hybridized carbons (Fsp3) is 0.600. The number of pyridine rings is 1. The lowest BCUT2D eigenvalue weighted by atomic mass is 9.82. The highest BCUT2D eigenvalue weighted by Crippen LogP contribution is 2.27. The average molecular weight is 277 g/mol. The molecule has 0 aliphatic heterocycles. The van der Waals surface area contributed by atoms with Gasteiger partial charge in [0.2, 0.25) is 0 Å². The van der Waals surface area contributed by atoms with Crippen LogP contribution in [-0.2, 0) is 0 Å². The first-order chi connectivity index (χ1) is 9.60. The number of hydrogen-bond donors (Lipinski definition) is 2. The molecule has 2 rings (SSSR count). The highest BCUT2D eigenvalue weighted by Gasteiger charge is 2.29. The lowest BCUT2D eigenvalue weighted by Crippen LogP contribution is -2.39. The van der Waals surface area contributed by atoms with E-state index in [1.165, 1.54) is 0 Å². The molecule has 1 saturated carbocycles. The van der Waals surface area contributed by atoms with Gasteiger partial charge in [-0.05, 0) is 37.3 Å². The third kappa shape index (κ3) is 3.70. The number of hydrogen-bond acceptors (Lipinski definition) is 4. The molecule has 0 saturated heterocycles. The summed E-state index contributed by atoms with van der Waals surface area (Å²) in [6.45, 7) is 3.67. The molecule has 5 heteroatoms. The van der Waals surface area contributed by atoms with E-state index in [1.807, 2.05) is 6.07 Å². The van der Waals surface area contributed by atoms with Crippen LogP contribution in [0.4, 0.5) is 5.82 Å². The van der Waals surface area contributed by atoms with E-state index in [0.29, 0.717) is 18.0 Å². The zero-order valence-electron chi connectivity index (χ0n) is 12.2. The van der Waals surface area contributed by atoms with Gasteiger partial charge in [-0.25, -0.2) is 4.98 Å². The predicted octanol–water partition coefficient (Wildman–Crippen LogP) is 1.75. The van der Waals surface area contributed by atoms with Crippen LogP contribution in [0.25, 0.3) is 0 Å². The Balaban J connectivity index is 1.87. The van der Waals surface area contributed by atoms with Crippen molar-refractivity contribution in [2.24, 2.45) is 5.92 Å². The predicted molar refractivity (Wildman–Crippen MR) is 78.7 cm³/mol. The molecule has 2 N–H and O–H groups in total. The summed E-state index contributed by atoms with van der Waals surface area (Å²) in [6, 6.07) is 3.64. The minimum atomic E-state index is -0.172. The van der Waals surface area contributed by atoms with E-state index in [1.54, 1.807) is 24.2 Å². The van der Waals surface area contributed by atoms with Crippen LogP contribution in [0.3, 0.4) is 0 Å². The van der Waals surface area contributed by atoms with Gasteiger partial charge in [0, 0.05) is 26.3 Å². The van der Waals surface area contributed by atoms with Gasteiger partial charge >= 0.3 is 0 Å². The van der Waals surface area contributed by atoms with Crippen LogP contribution >= 0.6 is 0 Å². The summed E-state index contributed by atoms with van der Waals surface area (Å²) in [4.78, 5) is 18.2. The molecule has 0 spiro atoms. The van der Waals surface area contributed by atoms with Gasteiger partial charge in [0.05, 0.1) is 11.7 Å². The lowest BCUT2D eigenvalue weighted by Gasteiger charge is -2.34. The zero-order chi connectivity index (χ0) is 14.5. The molecule has 0 radical (unpaired) electrons. The van der Waals surface area contributed by atoms with Gasteiger partial charge in [-0.15, -0.1) is 0 Å². The molecule has 1 aliphatic rings. The van der Waals surface area contributed by atoms with Crippen LogP contribution in [0.15, 0.2) is 18.3 Å². The van der Waals surface area contributed by atoms with E-state index in [-0.39, 0.29) is 12.0 Å². The molecule has 0 unspecified atom stereocenters. The van der Waals surface area contributed by atoms with Gasteiger partial charge in [0.25, 0.3) is 5.91 Å². The van der Waals surface area contributed by atoms with Crippen LogP contribution in [0.1, 0.15) is 36.5 Å². The fourth-order valence-electron chi connectivity index (χ4n) is 2.42. The quantitative estimate of drug-likeness (QED) is 0.831. The summed E-state index contributed by atoms with van der Waals surface area (Å²) in [6.07, 6.45) is 4.09. The van der Waals surface area contributed by atoms with Crippen molar-refractivity contribution >= 4 is 11.7 Å². The van der Waals surface area contributed by atoms with E-state index in [4.69, 9.17) is 0 Å². The van der Waals surface area contributed by atoms with E-state index in [2.05, 4.69) is 17.2 Å². The second-order valence-corrected chi connectivity index (χ2v) is 5.54. The van der Waals surface area contributed by atoms with E-state index >= 15 is 0 Å². The summed E-state index contributed by atoms with van der Waals surface area (Å²) in [5, 5.41) is 12.4. The molecular formula is C15H23N3O2. The summed E-state index contributed by atoms with van der Waals surface area (Å²) in [5.41, 5.74) is 0.606. The molecule has 0 atom stereocenters. The maximum absolute atomic E-state index is 12.2. The Bertz CT molecular complexity index is 441. The van der Waals surface area contributed by atoms with Crippen molar-refractivity contribution in [1.29, 1.82) is 0 Å². The first-order valence-electron chi connectivity index (χ1n) is 7.23. The lowest BCUT2D eigenvalue weighted by molar-refractivity contribution is 0.0265. The fourth-order valence-corrected chi connectivity index (χ4v) is 2.42. The number of carbonyl (C=O) groups is 1. The van der Waals surface area contributed by atoms with Crippen LogP contribution in [0.2, 0.25) is 0 Å². The standard InChI is InChI=1S/C15H23N3O2/c1-3-6-16-14-5-4-12(9-17-14)15(20)18(2)10-11-7-13(19)8-11/h4-5,9,11,13,19H,3,6-8,10H2,1-2H3,(H,16,17). The largest absolute Gasteiger partial charge is 0.393 e. The minimum absolute atomic E-state index is 0.0130. The van der Waals surface area contributed by atoms with E-state index in [0.717, 1.165) is 31.6 Å². The Morgan fingerprint density at radius 1 is 1.50 bits per heavy atom. The monoisotopic (exact) mass is 277 g/mol. The number of anilines is 1. The number of aliphatic hydroxyl groups is 1. The third-order valence-corrected chi connectivity index (χ3v) is 3.66. The Morgan fingerprint density at radius 3 is 2.80 bits per heavy atom. The maximum atomic E-state index is 12.2. The number of aliphatic hydroxyl groups excluding tert-OH is 1. The molecule has 0 bridgehead atoms. The Morgan fingerprint density at radius 2 is 2.25 bits per heavy atom. The molecule has 1 fully saturated rings. The molecule has 5 nitrogen and oxygen atoms in total. The molecular weight excluding hydrogens is 254 g/mol. The number of aromatic nitrogens is 1. The van der Waals surface area contributed by atoms with Crippen LogP contribution in [-0.4, -0.2) is 47.1 Å². The average Bonchev–Trinajstić information content (AvgIpc) is 2.43. The molecule has 1 aromatic rings. The summed E-state index contributed by atoms with van der Waals surface area (Å²) in [7, 11) is 1.80. The Kier molecular flexibility index (Phi) is 4.95. The number of nitrogens with one attached hydrogen (secondary N) is 1. The third-order valence-electron chi connectivity index (χ3n) is 3.66. The summed E-state index contributed by atoms with van der Waals surface area (Å²) >= 11 is 0. The van der Waals surface area contributed by atoms with Crippen LogP contribution < -0.4 is 5.32 Å².